The molecule has 55 heavy (non-hydrogen) atoms. The van der Waals surface area contributed by atoms with E-state index in [9.17, 15) is 38.7 Å². The molecule has 6 rings (SSSR count). The van der Waals surface area contributed by atoms with Crippen molar-refractivity contribution in [3.05, 3.63) is 12.2 Å². The van der Waals surface area contributed by atoms with Gasteiger partial charge in [-0.05, 0) is 43.9 Å². The zero-order chi connectivity index (χ0) is 40.8. The lowest BCUT2D eigenvalue weighted by Gasteiger charge is -2.74. The molecule has 1 saturated heterocycles. The maximum absolute atomic E-state index is 13.9. The van der Waals surface area contributed by atoms with Crippen molar-refractivity contribution in [2.24, 2.45) is 39.4 Å². The molecule has 5 fully saturated rings. The van der Waals surface area contributed by atoms with Gasteiger partial charge in [-0.2, -0.15) is 0 Å². The Kier molecular flexibility index (Phi) is 9.90. The van der Waals surface area contributed by atoms with E-state index in [2.05, 4.69) is 0 Å². The zero-order valence-corrected chi connectivity index (χ0v) is 33.0. The second-order valence-electron chi connectivity index (χ2n) is 16.9. The van der Waals surface area contributed by atoms with Crippen molar-refractivity contribution in [2.75, 3.05) is 20.3 Å². The molecule has 0 aromatic carbocycles. The average molecular weight is 777 g/mol. The Bertz CT molecular complexity index is 1720. The molecule has 6 aliphatic rings. The first-order valence-electron chi connectivity index (χ1n) is 18.7. The normalized spacial score (nSPS) is 45.6. The van der Waals surface area contributed by atoms with Crippen LogP contribution < -0.4 is 0 Å². The highest BCUT2D eigenvalue weighted by Gasteiger charge is 2.92. The van der Waals surface area contributed by atoms with Crippen LogP contribution in [-0.4, -0.2) is 115 Å². The highest BCUT2D eigenvalue weighted by molar-refractivity contribution is 6.01. The Hall–Kier alpha value is -3.89. The number of carbonyl (C=O) groups is 7. The van der Waals surface area contributed by atoms with Crippen LogP contribution >= 0.6 is 0 Å². The van der Waals surface area contributed by atoms with E-state index in [1.54, 1.807) is 13.8 Å². The molecule has 0 radical (unpaired) electrons. The number of rotatable bonds is 7. The second kappa shape index (κ2) is 13.4. The van der Waals surface area contributed by atoms with Gasteiger partial charge in [-0.3, -0.25) is 28.8 Å². The maximum Gasteiger partial charge on any atom is 0.342 e. The number of methoxy groups -OCH3 is 1. The van der Waals surface area contributed by atoms with Crippen molar-refractivity contribution in [3.8, 4) is 0 Å². The van der Waals surface area contributed by atoms with Gasteiger partial charge in [0.05, 0.1) is 36.8 Å². The summed E-state index contributed by atoms with van der Waals surface area (Å²) < 4.78 is 48.0. The SMILES string of the molecule is COC(=O)[C@@]12O[C@@H]1C(=O)C[C@@]1(O)[C@@H]3CC[C@]4(C)[C@H]([C@H](OC(C)=O)[C@H](OC(C)=O)[C@@]5([C@H](C)OC(C)=O)COCC=C[C@@H]45)[C@@]3(C)[C@H](OC(C)=O)[C@H](OC(C)=O)[C@]12C. The fraction of sp³-hybridized carbons (Fsp3) is 0.769. The number of esters is 6. The van der Waals surface area contributed by atoms with E-state index in [4.69, 9.17) is 37.9 Å². The van der Waals surface area contributed by atoms with Gasteiger partial charge in [0.2, 0.25) is 5.60 Å². The van der Waals surface area contributed by atoms with Crippen molar-refractivity contribution < 1.29 is 76.6 Å². The number of ether oxygens (including phenoxy) is 8. The Morgan fingerprint density at radius 1 is 0.855 bits per heavy atom. The molecule has 0 aromatic heterocycles. The summed E-state index contributed by atoms with van der Waals surface area (Å²) in [5.74, 6) is -8.05. The minimum Gasteiger partial charge on any atom is -0.467 e. The number of Topliss-reactive ketones (excluding diaryl/α,β-unsaturated/α-hetero) is 1. The minimum atomic E-state index is -2.20. The van der Waals surface area contributed by atoms with E-state index in [-0.39, 0.29) is 26.1 Å². The molecule has 15 atom stereocenters. The molecule has 4 saturated carbocycles. The van der Waals surface area contributed by atoms with Crippen molar-refractivity contribution in [2.45, 2.75) is 129 Å². The molecular formula is C39H52O16. The first-order valence-corrected chi connectivity index (χ1v) is 18.7. The molecule has 0 amide bonds. The predicted octanol–water partition coefficient (Wildman–Crippen LogP) is 1.94. The molecule has 0 spiro atoms. The van der Waals surface area contributed by atoms with Gasteiger partial charge in [0.15, 0.2) is 24.1 Å². The van der Waals surface area contributed by atoms with Crippen LogP contribution in [0.5, 0.6) is 0 Å². The minimum absolute atomic E-state index is 0.0996. The van der Waals surface area contributed by atoms with Crippen LogP contribution in [0.15, 0.2) is 12.2 Å². The number of hydrogen-bond donors (Lipinski definition) is 1. The summed E-state index contributed by atoms with van der Waals surface area (Å²) in [4.78, 5) is 93.3. The topological polar surface area (TPSA) is 217 Å². The third-order valence-corrected chi connectivity index (χ3v) is 14.3. The lowest BCUT2D eigenvalue weighted by Crippen LogP contribution is -2.84. The van der Waals surface area contributed by atoms with E-state index < -0.39 is 135 Å². The zero-order valence-electron chi connectivity index (χ0n) is 33.0. The van der Waals surface area contributed by atoms with Gasteiger partial charge < -0.3 is 43.0 Å². The largest absolute Gasteiger partial charge is 0.467 e. The second-order valence-corrected chi connectivity index (χ2v) is 16.9. The van der Waals surface area contributed by atoms with Crippen molar-refractivity contribution >= 4 is 41.6 Å². The molecule has 304 valence electrons. The Morgan fingerprint density at radius 3 is 2.00 bits per heavy atom. The molecular weight excluding hydrogens is 724 g/mol. The fourth-order valence-electron chi connectivity index (χ4n) is 12.5. The van der Waals surface area contributed by atoms with Crippen LogP contribution in [0.3, 0.4) is 0 Å². The monoisotopic (exact) mass is 776 g/mol. The predicted molar refractivity (Wildman–Crippen MR) is 184 cm³/mol. The van der Waals surface area contributed by atoms with E-state index in [0.29, 0.717) is 0 Å². The van der Waals surface area contributed by atoms with Crippen LogP contribution in [0.1, 0.15) is 81.6 Å². The van der Waals surface area contributed by atoms with Crippen molar-refractivity contribution in [1.29, 1.82) is 0 Å². The quantitative estimate of drug-likeness (QED) is 0.169. The van der Waals surface area contributed by atoms with Gasteiger partial charge in [-0.15, -0.1) is 0 Å². The maximum atomic E-state index is 13.9. The van der Waals surface area contributed by atoms with Crippen LogP contribution in [0, 0.1) is 39.4 Å². The summed E-state index contributed by atoms with van der Waals surface area (Å²) >= 11 is 0. The van der Waals surface area contributed by atoms with Crippen molar-refractivity contribution in [1.82, 2.24) is 0 Å². The summed E-state index contributed by atoms with van der Waals surface area (Å²) in [5.41, 5.74) is -10.3. The van der Waals surface area contributed by atoms with E-state index in [1.165, 1.54) is 27.7 Å². The molecule has 0 bridgehead atoms. The summed E-state index contributed by atoms with van der Waals surface area (Å²) in [5, 5.41) is 13.5. The molecule has 0 unspecified atom stereocenters. The number of allylic oxidation sites excluding steroid dienone is 1. The summed E-state index contributed by atoms with van der Waals surface area (Å²) in [7, 11) is 1.11. The molecule has 2 aliphatic heterocycles. The van der Waals surface area contributed by atoms with E-state index in [1.807, 2.05) is 19.1 Å². The molecule has 0 aromatic rings. The lowest BCUT2D eigenvalue weighted by atomic mass is 9.31. The third-order valence-electron chi connectivity index (χ3n) is 14.3. The van der Waals surface area contributed by atoms with Gasteiger partial charge >= 0.3 is 35.8 Å². The van der Waals surface area contributed by atoms with E-state index in [0.717, 1.165) is 21.0 Å². The summed E-state index contributed by atoms with van der Waals surface area (Å²) in [6.07, 6.45) is -4.64. The van der Waals surface area contributed by atoms with Gasteiger partial charge in [-0.1, -0.05) is 26.0 Å². The van der Waals surface area contributed by atoms with Crippen LogP contribution in [0.25, 0.3) is 0 Å². The number of fused-ring (bicyclic) bond motifs is 9. The Balaban J connectivity index is 1.71. The van der Waals surface area contributed by atoms with Crippen LogP contribution in [-0.2, 0) is 71.5 Å². The Morgan fingerprint density at radius 2 is 1.44 bits per heavy atom. The molecule has 16 heteroatoms. The van der Waals surface area contributed by atoms with Crippen molar-refractivity contribution in [3.63, 3.8) is 0 Å². The van der Waals surface area contributed by atoms with Gasteiger partial charge in [0, 0.05) is 52.4 Å². The fourth-order valence-corrected chi connectivity index (χ4v) is 12.5. The number of aliphatic hydroxyl groups is 1. The molecule has 2 heterocycles. The average Bonchev–Trinajstić information content (AvgIpc) is 3.87. The number of epoxide rings is 1. The van der Waals surface area contributed by atoms with Gasteiger partial charge in [-0.25, -0.2) is 4.79 Å². The smallest absolute Gasteiger partial charge is 0.342 e. The molecule has 16 nitrogen and oxygen atoms in total. The standard InChI is InChI=1S/C39H52O16/c1-18(50-19(2)40)37-17-49-15-11-12-25(37)34(7)14-13-26-35(8,28(34)27(51-20(3)41)30(37)52-21(4)42)31(53-22(5)43)32(54-23(6)44)36(9)38(26,47)16-24(45)29-39(36,55-29)33(46)48-10/h11-12,18,25-32,47H,13-17H2,1-10H3/t18-,25-,26+,27-,28-,29+,30-,31+,32-,34-,35-,36+,37+,38+,39-/m0/s1. The number of hydrogen-bond acceptors (Lipinski definition) is 16. The highest BCUT2D eigenvalue weighted by Crippen LogP contribution is 2.78. The van der Waals surface area contributed by atoms with Gasteiger partial charge in [0.25, 0.3) is 0 Å². The van der Waals surface area contributed by atoms with Crippen LogP contribution in [0.2, 0.25) is 0 Å². The van der Waals surface area contributed by atoms with Crippen LogP contribution in [0.4, 0.5) is 0 Å². The summed E-state index contributed by atoms with van der Waals surface area (Å²) in [6.45, 7) is 12.8. The lowest BCUT2D eigenvalue weighted by molar-refractivity contribution is -0.357. The third kappa shape index (κ3) is 5.36. The first-order chi connectivity index (χ1) is 25.5. The Labute approximate surface area is 319 Å². The first kappa shape index (κ1) is 40.8. The highest BCUT2D eigenvalue weighted by atomic mass is 16.7. The number of ketones is 1. The van der Waals surface area contributed by atoms with E-state index >= 15 is 0 Å². The molecule has 4 aliphatic carbocycles. The number of carbonyl (C=O) groups excluding carboxylic acids is 7. The van der Waals surface area contributed by atoms with Gasteiger partial charge in [0.1, 0.15) is 18.3 Å². The molecule has 1 N–H and O–H groups in total. The summed E-state index contributed by atoms with van der Waals surface area (Å²) in [6, 6.07) is 0.